The standard InChI is InChI=1S/C26H14ClF13N2O4/c1-45-19-12(3-2-4-16(19)41-21(44)13-7-10(24(32,33)34)5-6-15(13)28)20(43)42-18-14(27)8-11(9-17(18)46-22(29)30)23(31,25(35,36)37)26(38,39)40/h2-9,22H,1H3,(H,41,44)(H,42,43). The Balaban J connectivity index is 2.05. The lowest BCUT2D eigenvalue weighted by molar-refractivity contribution is -0.348. The maximum atomic E-state index is 14.6. The van der Waals surface area contributed by atoms with Gasteiger partial charge in [0.2, 0.25) is 0 Å². The highest BCUT2D eigenvalue weighted by Gasteiger charge is 2.73. The van der Waals surface area contributed by atoms with E-state index < -0.39 is 105 Å². The molecule has 0 fully saturated rings. The van der Waals surface area contributed by atoms with Crippen LogP contribution in [0.4, 0.5) is 68.5 Å². The fraction of sp³-hybridized carbons (Fsp3) is 0.231. The Kier molecular flexibility index (Phi) is 10.0. The first-order valence-electron chi connectivity index (χ1n) is 11.8. The molecule has 0 aliphatic heterocycles. The highest BCUT2D eigenvalue weighted by Crippen LogP contribution is 2.55. The molecular formula is C26H14ClF13N2O4. The number of hydrogen-bond acceptors (Lipinski definition) is 4. The second kappa shape index (κ2) is 12.8. The van der Waals surface area contributed by atoms with Crippen LogP contribution in [0.1, 0.15) is 31.8 Å². The molecule has 3 aromatic carbocycles. The van der Waals surface area contributed by atoms with Gasteiger partial charge >= 0.3 is 30.8 Å². The quantitative estimate of drug-likeness (QED) is 0.230. The molecule has 0 aromatic heterocycles. The number of rotatable bonds is 8. The topological polar surface area (TPSA) is 76.7 Å². The Labute approximate surface area is 253 Å². The average Bonchev–Trinajstić information content (AvgIpc) is 2.91. The van der Waals surface area contributed by atoms with Crippen molar-refractivity contribution in [2.75, 3.05) is 17.7 Å². The maximum absolute atomic E-state index is 14.6. The maximum Gasteiger partial charge on any atom is 0.435 e. The largest absolute Gasteiger partial charge is 0.494 e. The molecule has 0 aliphatic carbocycles. The van der Waals surface area contributed by atoms with E-state index in [2.05, 4.69) is 4.74 Å². The molecule has 20 heteroatoms. The van der Waals surface area contributed by atoms with Crippen molar-refractivity contribution < 1.29 is 76.1 Å². The van der Waals surface area contributed by atoms with Crippen LogP contribution in [0.15, 0.2) is 48.5 Å². The number of ether oxygens (including phenoxy) is 2. The van der Waals surface area contributed by atoms with E-state index in [9.17, 15) is 66.7 Å². The number of para-hydroxylation sites is 1. The molecule has 0 heterocycles. The zero-order valence-electron chi connectivity index (χ0n) is 22.1. The van der Waals surface area contributed by atoms with Gasteiger partial charge in [-0.1, -0.05) is 17.7 Å². The van der Waals surface area contributed by atoms with Gasteiger partial charge in [0.15, 0.2) is 11.5 Å². The lowest BCUT2D eigenvalue weighted by Crippen LogP contribution is -2.50. The summed E-state index contributed by atoms with van der Waals surface area (Å²) in [5, 5.41) is 2.45. The number of nitrogens with one attached hydrogen (secondary N) is 2. The molecular weight excluding hydrogens is 687 g/mol. The summed E-state index contributed by atoms with van der Waals surface area (Å²) >= 11 is 5.71. The van der Waals surface area contributed by atoms with Crippen molar-refractivity contribution in [3.05, 3.63) is 81.6 Å². The van der Waals surface area contributed by atoms with Crippen molar-refractivity contribution in [2.24, 2.45) is 0 Å². The number of carbonyl (C=O) groups excluding carboxylic acids is 2. The van der Waals surface area contributed by atoms with Crippen LogP contribution in [0.25, 0.3) is 0 Å². The Morgan fingerprint density at radius 1 is 0.783 bits per heavy atom. The molecule has 0 saturated heterocycles. The van der Waals surface area contributed by atoms with Gasteiger partial charge in [0.1, 0.15) is 11.5 Å². The predicted octanol–water partition coefficient (Wildman–Crippen LogP) is 8.90. The van der Waals surface area contributed by atoms with E-state index in [1.54, 1.807) is 5.32 Å². The molecule has 0 unspecified atom stereocenters. The molecule has 250 valence electrons. The van der Waals surface area contributed by atoms with E-state index >= 15 is 0 Å². The summed E-state index contributed by atoms with van der Waals surface area (Å²) in [5.41, 5.74) is -13.2. The minimum Gasteiger partial charge on any atom is -0.494 e. The van der Waals surface area contributed by atoms with Crippen LogP contribution < -0.4 is 20.1 Å². The Morgan fingerprint density at radius 2 is 1.37 bits per heavy atom. The smallest absolute Gasteiger partial charge is 0.435 e. The first-order valence-corrected chi connectivity index (χ1v) is 12.2. The summed E-state index contributed by atoms with van der Waals surface area (Å²) in [5.74, 6) is -6.54. The van der Waals surface area contributed by atoms with E-state index in [1.807, 2.05) is 5.32 Å². The van der Waals surface area contributed by atoms with Gasteiger partial charge in [0.25, 0.3) is 11.8 Å². The van der Waals surface area contributed by atoms with Gasteiger partial charge in [-0.05, 0) is 42.5 Å². The van der Waals surface area contributed by atoms with Crippen LogP contribution in [0.5, 0.6) is 11.5 Å². The highest BCUT2D eigenvalue weighted by atomic mass is 35.5. The molecule has 0 aliphatic rings. The highest BCUT2D eigenvalue weighted by molar-refractivity contribution is 6.34. The van der Waals surface area contributed by atoms with Gasteiger partial charge in [0.05, 0.1) is 34.5 Å². The third-order valence-electron chi connectivity index (χ3n) is 5.94. The lowest BCUT2D eigenvalue weighted by Gasteiger charge is -2.31. The number of carbonyl (C=O) groups is 2. The van der Waals surface area contributed by atoms with Crippen molar-refractivity contribution in [3.63, 3.8) is 0 Å². The third kappa shape index (κ3) is 7.18. The Bertz CT molecular complexity index is 1630. The van der Waals surface area contributed by atoms with E-state index in [-0.39, 0.29) is 12.1 Å². The van der Waals surface area contributed by atoms with Crippen molar-refractivity contribution >= 4 is 34.8 Å². The molecule has 46 heavy (non-hydrogen) atoms. The van der Waals surface area contributed by atoms with Gasteiger partial charge in [-0.15, -0.1) is 0 Å². The minimum atomic E-state index is -6.67. The second-order valence-electron chi connectivity index (χ2n) is 8.85. The summed E-state index contributed by atoms with van der Waals surface area (Å²) in [4.78, 5) is 25.7. The number of alkyl halides is 12. The molecule has 0 spiro atoms. The van der Waals surface area contributed by atoms with Gasteiger partial charge in [-0.3, -0.25) is 9.59 Å². The van der Waals surface area contributed by atoms with Crippen LogP contribution in [0.2, 0.25) is 5.02 Å². The third-order valence-corrected chi connectivity index (χ3v) is 6.24. The van der Waals surface area contributed by atoms with Crippen LogP contribution in [-0.4, -0.2) is 37.9 Å². The van der Waals surface area contributed by atoms with E-state index in [0.29, 0.717) is 12.1 Å². The fourth-order valence-corrected chi connectivity index (χ4v) is 4.12. The second-order valence-corrected chi connectivity index (χ2v) is 9.26. The number of hydrogen-bond donors (Lipinski definition) is 2. The number of benzene rings is 3. The summed E-state index contributed by atoms with van der Waals surface area (Å²) in [6.45, 7) is -3.95. The number of methoxy groups -OCH3 is 1. The Hall–Kier alpha value is -4.42. The van der Waals surface area contributed by atoms with Crippen molar-refractivity contribution in [2.45, 2.75) is 30.8 Å². The van der Waals surface area contributed by atoms with Gasteiger partial charge in [-0.2, -0.15) is 48.3 Å². The molecule has 0 saturated carbocycles. The molecule has 2 N–H and O–H groups in total. The molecule has 0 radical (unpaired) electrons. The van der Waals surface area contributed by atoms with Crippen LogP contribution in [0.3, 0.4) is 0 Å². The van der Waals surface area contributed by atoms with Crippen LogP contribution in [0, 0.1) is 5.82 Å². The van der Waals surface area contributed by atoms with Gasteiger partial charge in [-0.25, -0.2) is 8.78 Å². The number of halogens is 14. The van der Waals surface area contributed by atoms with Crippen molar-refractivity contribution in [3.8, 4) is 11.5 Å². The molecule has 0 bridgehead atoms. The number of anilines is 2. The van der Waals surface area contributed by atoms with Crippen molar-refractivity contribution in [1.29, 1.82) is 0 Å². The summed E-state index contributed by atoms with van der Waals surface area (Å²) in [6, 6.07) is 3.21. The summed E-state index contributed by atoms with van der Waals surface area (Å²) in [6.07, 6.45) is -18.3. The fourth-order valence-electron chi connectivity index (χ4n) is 3.86. The zero-order chi connectivity index (χ0) is 35.0. The zero-order valence-corrected chi connectivity index (χ0v) is 22.9. The van der Waals surface area contributed by atoms with E-state index in [1.165, 1.54) is 0 Å². The first kappa shape index (κ1) is 36.1. The molecule has 3 aromatic rings. The summed E-state index contributed by atoms with van der Waals surface area (Å²) in [7, 11) is 0.898. The normalized spacial score (nSPS) is 12.6. The van der Waals surface area contributed by atoms with Crippen LogP contribution >= 0.6 is 11.6 Å². The first-order chi connectivity index (χ1) is 21.0. The van der Waals surface area contributed by atoms with Gasteiger partial charge < -0.3 is 20.1 Å². The van der Waals surface area contributed by atoms with Crippen molar-refractivity contribution in [1.82, 2.24) is 0 Å². The molecule has 2 amide bonds. The monoisotopic (exact) mass is 700 g/mol. The lowest BCUT2D eigenvalue weighted by atomic mass is 9.93. The molecule has 3 rings (SSSR count). The van der Waals surface area contributed by atoms with E-state index in [0.717, 1.165) is 25.3 Å². The minimum absolute atomic E-state index is 0.188. The van der Waals surface area contributed by atoms with E-state index in [4.69, 9.17) is 16.3 Å². The SMILES string of the molecule is COc1c(NC(=O)c2cc(C(F)(F)F)ccc2F)cccc1C(=O)Nc1c(Cl)cc(C(F)(C(F)(F)F)C(F)(F)F)cc1OC(F)F. The average molecular weight is 701 g/mol. The predicted molar refractivity (Wildman–Crippen MR) is 133 cm³/mol. The summed E-state index contributed by atoms with van der Waals surface area (Å²) < 4.78 is 182. The molecule has 6 nitrogen and oxygen atoms in total. The Morgan fingerprint density at radius 3 is 1.89 bits per heavy atom. The van der Waals surface area contributed by atoms with Gasteiger partial charge in [0, 0.05) is 5.56 Å². The number of amides is 2. The molecule has 0 atom stereocenters. The van der Waals surface area contributed by atoms with Crippen LogP contribution in [-0.2, 0) is 11.8 Å².